The van der Waals surface area contributed by atoms with Crippen LogP contribution in [-0.4, -0.2) is 41.0 Å². The van der Waals surface area contributed by atoms with E-state index in [1.165, 1.54) is 6.07 Å². The number of aromatic carboxylic acids is 1. The smallest absolute Gasteiger partial charge is 0.335 e. The number of ether oxygens (including phenoxy) is 1. The van der Waals surface area contributed by atoms with E-state index in [-0.39, 0.29) is 28.8 Å². The molecule has 36 heavy (non-hydrogen) atoms. The highest BCUT2D eigenvalue weighted by Crippen LogP contribution is 2.31. The fraction of sp³-hybridized carbons (Fsp3) is 0.345. The van der Waals surface area contributed by atoms with Crippen molar-refractivity contribution < 1.29 is 24.1 Å². The van der Waals surface area contributed by atoms with Crippen molar-refractivity contribution in [2.45, 2.75) is 51.9 Å². The maximum atomic E-state index is 13.8. The molecule has 0 aromatic heterocycles. The van der Waals surface area contributed by atoms with Crippen LogP contribution in [0.3, 0.4) is 0 Å². The average Bonchev–Trinajstić information content (AvgIpc) is 2.83. The third-order valence-corrected chi connectivity index (χ3v) is 6.46. The fourth-order valence-electron chi connectivity index (χ4n) is 4.21. The Kier molecular flexibility index (Phi) is 9.25. The van der Waals surface area contributed by atoms with Gasteiger partial charge in [-0.3, -0.25) is 0 Å². The van der Waals surface area contributed by atoms with Gasteiger partial charge in [0.05, 0.1) is 29.4 Å². The van der Waals surface area contributed by atoms with Crippen LogP contribution in [0.25, 0.3) is 11.1 Å². The van der Waals surface area contributed by atoms with Gasteiger partial charge in [0.15, 0.2) is 0 Å². The van der Waals surface area contributed by atoms with E-state index in [2.05, 4.69) is 5.32 Å². The first-order valence-corrected chi connectivity index (χ1v) is 12.3. The Balaban J connectivity index is 1.59. The van der Waals surface area contributed by atoms with E-state index < -0.39 is 17.9 Å². The molecule has 0 heterocycles. The summed E-state index contributed by atoms with van der Waals surface area (Å²) >= 11 is 5.77. The number of carboxylic acids is 1. The molecule has 0 radical (unpaired) electrons. The van der Waals surface area contributed by atoms with Gasteiger partial charge in [-0.1, -0.05) is 54.1 Å². The minimum Gasteiger partial charge on any atom is -0.478 e. The van der Waals surface area contributed by atoms with E-state index in [9.17, 15) is 19.4 Å². The monoisotopic (exact) mass is 513 g/mol. The first-order valence-electron chi connectivity index (χ1n) is 11.9. The molecule has 0 fully saturated rings. The Morgan fingerprint density at radius 1 is 1.14 bits per heavy atom. The van der Waals surface area contributed by atoms with Crippen molar-refractivity contribution in [3.05, 3.63) is 93.8 Å². The molecule has 0 aliphatic carbocycles. The lowest BCUT2D eigenvalue weighted by Crippen LogP contribution is -2.46. The highest BCUT2D eigenvalue weighted by Gasteiger charge is 2.21. The van der Waals surface area contributed by atoms with Crippen molar-refractivity contribution in [2.75, 3.05) is 13.2 Å². The normalized spacial score (nSPS) is 13.4. The summed E-state index contributed by atoms with van der Waals surface area (Å²) in [6.07, 6.45) is -0.461. The Bertz CT molecular complexity index is 1210. The zero-order chi connectivity index (χ0) is 26.5. The molecular weight excluding hydrogens is 481 g/mol. The second-order valence-electron chi connectivity index (χ2n) is 9.74. The van der Waals surface area contributed by atoms with E-state index in [1.807, 2.05) is 51.1 Å². The van der Waals surface area contributed by atoms with Crippen molar-refractivity contribution in [2.24, 2.45) is 0 Å². The van der Waals surface area contributed by atoms with Gasteiger partial charge in [0, 0.05) is 12.1 Å². The molecule has 3 aromatic carbocycles. The van der Waals surface area contributed by atoms with Gasteiger partial charge < -0.3 is 20.3 Å². The van der Waals surface area contributed by atoms with Crippen molar-refractivity contribution in [1.82, 2.24) is 5.32 Å². The maximum Gasteiger partial charge on any atom is 0.335 e. The maximum absolute atomic E-state index is 13.8. The number of carboxylic acid groups (broad SMARTS) is 1. The summed E-state index contributed by atoms with van der Waals surface area (Å²) in [6, 6.07) is 17.9. The Morgan fingerprint density at radius 3 is 2.53 bits per heavy atom. The molecule has 0 saturated heterocycles. The first-order chi connectivity index (χ1) is 17.0. The Labute approximate surface area is 216 Å². The molecule has 0 spiro atoms. The fourth-order valence-corrected chi connectivity index (χ4v) is 4.32. The molecule has 1 unspecified atom stereocenters. The van der Waals surface area contributed by atoms with Crippen LogP contribution in [0.5, 0.6) is 0 Å². The topological polar surface area (TPSA) is 78.8 Å². The number of benzene rings is 3. The van der Waals surface area contributed by atoms with Crippen LogP contribution in [0.2, 0.25) is 5.02 Å². The van der Waals surface area contributed by atoms with Crippen molar-refractivity contribution in [3.63, 3.8) is 0 Å². The third-order valence-electron chi connectivity index (χ3n) is 6.15. The van der Waals surface area contributed by atoms with Gasteiger partial charge in [-0.05, 0) is 80.1 Å². The molecule has 0 aliphatic rings. The van der Waals surface area contributed by atoms with Gasteiger partial charge in [0.1, 0.15) is 5.82 Å². The molecule has 7 heteroatoms. The minimum atomic E-state index is -0.949. The molecule has 0 amide bonds. The number of hydrogen-bond acceptors (Lipinski definition) is 4. The number of rotatable bonds is 11. The minimum absolute atomic E-state index is 0.0974. The van der Waals surface area contributed by atoms with Gasteiger partial charge in [-0.2, -0.15) is 0 Å². The van der Waals surface area contributed by atoms with Gasteiger partial charge >= 0.3 is 5.97 Å². The SMILES string of the molecule is Cc1cc(-c2ccccc2C(C)OC[C@H](O)CNC(C)(C)Cc2ccc(Cl)c(F)c2)ccc1C(=O)O. The molecule has 3 rings (SSSR count). The van der Waals surface area contributed by atoms with Crippen LogP contribution in [0.15, 0.2) is 60.7 Å². The van der Waals surface area contributed by atoms with Crippen LogP contribution in [0.4, 0.5) is 4.39 Å². The second kappa shape index (κ2) is 12.0. The van der Waals surface area contributed by atoms with Gasteiger partial charge in [0.25, 0.3) is 0 Å². The zero-order valence-corrected chi connectivity index (χ0v) is 21.8. The molecular formula is C29H33ClFNO4. The standard InChI is InChI=1S/C29H33ClFNO4/c1-18-13-21(10-11-23(18)28(34)35)25-8-6-5-7-24(25)19(2)36-17-22(33)16-32-29(3,4)15-20-9-12-26(30)27(31)14-20/h5-14,19,22,32-33H,15-17H2,1-4H3,(H,34,35)/t19?,22-/m1/s1. The zero-order valence-electron chi connectivity index (χ0n) is 21.0. The van der Waals surface area contributed by atoms with E-state index >= 15 is 0 Å². The summed E-state index contributed by atoms with van der Waals surface area (Å²) < 4.78 is 19.8. The van der Waals surface area contributed by atoms with Gasteiger partial charge in [0.2, 0.25) is 0 Å². The lowest BCUT2D eigenvalue weighted by atomic mass is 9.94. The van der Waals surface area contributed by atoms with Gasteiger partial charge in [-0.25, -0.2) is 9.18 Å². The largest absolute Gasteiger partial charge is 0.478 e. The highest BCUT2D eigenvalue weighted by atomic mass is 35.5. The molecule has 0 aliphatic heterocycles. The van der Waals surface area contributed by atoms with Gasteiger partial charge in [-0.15, -0.1) is 0 Å². The first kappa shape index (κ1) is 27.8. The van der Waals surface area contributed by atoms with Crippen LogP contribution < -0.4 is 5.32 Å². The number of aliphatic hydroxyl groups excluding tert-OH is 1. The van der Waals surface area contributed by atoms with Crippen LogP contribution in [-0.2, 0) is 11.2 Å². The summed E-state index contributed by atoms with van der Waals surface area (Å²) in [5, 5.41) is 23.3. The van der Waals surface area contributed by atoms with E-state index in [0.717, 1.165) is 22.3 Å². The number of carbonyl (C=O) groups is 1. The number of nitrogens with one attached hydrogen (secondary N) is 1. The summed E-state index contributed by atoms with van der Waals surface area (Å²) in [7, 11) is 0. The predicted octanol–water partition coefficient (Wildman–Crippen LogP) is 6.20. The van der Waals surface area contributed by atoms with E-state index in [4.69, 9.17) is 16.3 Å². The predicted molar refractivity (Wildman–Crippen MR) is 141 cm³/mol. The van der Waals surface area contributed by atoms with Crippen molar-refractivity contribution in [1.29, 1.82) is 0 Å². The van der Waals surface area contributed by atoms with Crippen LogP contribution >= 0.6 is 11.6 Å². The lowest BCUT2D eigenvalue weighted by molar-refractivity contribution is -0.00397. The average molecular weight is 514 g/mol. The van der Waals surface area contributed by atoms with Crippen molar-refractivity contribution in [3.8, 4) is 11.1 Å². The van der Waals surface area contributed by atoms with E-state index in [0.29, 0.717) is 18.5 Å². The molecule has 2 atom stereocenters. The van der Waals surface area contributed by atoms with Crippen molar-refractivity contribution >= 4 is 17.6 Å². The molecule has 3 aromatic rings. The number of aryl methyl sites for hydroxylation is 1. The molecule has 5 nitrogen and oxygen atoms in total. The summed E-state index contributed by atoms with van der Waals surface area (Å²) in [4.78, 5) is 11.4. The molecule has 0 saturated carbocycles. The van der Waals surface area contributed by atoms with Crippen LogP contribution in [0.1, 0.15) is 53.9 Å². The number of halogens is 2. The quantitative estimate of drug-likeness (QED) is 0.284. The summed E-state index contributed by atoms with van der Waals surface area (Å²) in [5.74, 6) is -1.39. The summed E-state index contributed by atoms with van der Waals surface area (Å²) in [6.45, 7) is 8.13. The number of aliphatic hydroxyl groups is 1. The second-order valence-corrected chi connectivity index (χ2v) is 10.1. The Morgan fingerprint density at radius 2 is 1.86 bits per heavy atom. The number of β-amino-alcohol motifs (C(OH)–C–C–N with tert-alkyl or cyclic N) is 1. The molecule has 192 valence electrons. The number of hydrogen-bond donors (Lipinski definition) is 3. The van der Waals surface area contributed by atoms with E-state index in [1.54, 1.807) is 31.2 Å². The summed E-state index contributed by atoms with van der Waals surface area (Å²) in [5.41, 5.74) is 4.22. The highest BCUT2D eigenvalue weighted by molar-refractivity contribution is 6.30. The third kappa shape index (κ3) is 7.37. The lowest BCUT2D eigenvalue weighted by Gasteiger charge is -2.28. The van der Waals surface area contributed by atoms with Crippen LogP contribution in [0, 0.1) is 12.7 Å². The molecule has 3 N–H and O–H groups in total. The molecule has 0 bridgehead atoms. The Hall–Kier alpha value is -2.77.